The van der Waals surface area contributed by atoms with Gasteiger partial charge in [0.05, 0.1) is 10.6 Å². The maximum atomic E-state index is 14.2. The van der Waals surface area contributed by atoms with E-state index in [4.69, 9.17) is 10.5 Å². The maximum Gasteiger partial charge on any atom is 0.262 e. The van der Waals surface area contributed by atoms with Gasteiger partial charge in [-0.3, -0.25) is 19.4 Å². The molecular weight excluding hydrogens is 637 g/mol. The monoisotopic (exact) mass is 667 g/mol. The number of halogens is 2. The predicted octanol–water partition coefficient (Wildman–Crippen LogP) is 5.43. The second-order valence-electron chi connectivity index (χ2n) is 10.1. The van der Waals surface area contributed by atoms with Gasteiger partial charge in [-0.25, -0.2) is 12.8 Å². The minimum atomic E-state index is -4.20. The second-order valence-corrected chi connectivity index (χ2v) is 12.7. The number of amides is 1. The molecule has 0 radical (unpaired) electrons. The summed E-state index contributed by atoms with van der Waals surface area (Å²) in [5.74, 6) is -0.702. The third-order valence-corrected chi connectivity index (χ3v) is 9.18. The molecule has 9 nitrogen and oxygen atoms in total. The fraction of sp³-hybridized carbons (Fsp3) is 0.226. The number of primary amides is 1. The number of anilines is 2. The number of carbonyl (C=O) groups is 1. The van der Waals surface area contributed by atoms with E-state index in [1.807, 2.05) is 12.1 Å². The fourth-order valence-corrected chi connectivity index (χ4v) is 6.54. The van der Waals surface area contributed by atoms with Crippen LogP contribution in [-0.4, -0.2) is 56.9 Å². The van der Waals surface area contributed by atoms with Crippen LogP contribution in [0.2, 0.25) is 0 Å². The molecule has 1 aliphatic rings. The molecule has 1 amide bonds. The minimum absolute atomic E-state index is 0.0149. The zero-order chi connectivity index (χ0) is 30.4. The average Bonchev–Trinajstić information content (AvgIpc) is 3.00. The molecule has 224 valence electrons. The molecule has 5 rings (SSSR count). The Morgan fingerprint density at radius 1 is 0.977 bits per heavy atom. The molecule has 0 atom stereocenters. The lowest BCUT2D eigenvalue weighted by Gasteiger charge is -2.36. The standard InChI is InChI=1S/C31H31BrFN5O4S/c32-24-4-7-27(8-5-24)42-29-9-6-25(33)21-28(29)36-43(40,41)30-10-3-23(31(34)39)20-22(30)2-1-15-37-16-18-38(19-17-37)26-11-13-35-14-12-26/h3-14,20-21,36H,1-2,15-19H2,(H2,34,39). The number of pyridine rings is 1. The molecule has 0 spiro atoms. The molecule has 4 aromatic rings. The predicted molar refractivity (Wildman–Crippen MR) is 168 cm³/mol. The van der Waals surface area contributed by atoms with Crippen LogP contribution < -0.4 is 20.1 Å². The van der Waals surface area contributed by atoms with Crippen molar-refractivity contribution in [2.75, 3.05) is 42.3 Å². The van der Waals surface area contributed by atoms with Gasteiger partial charge in [0, 0.05) is 60.4 Å². The number of ether oxygens (including phenoxy) is 1. The molecule has 2 heterocycles. The number of benzene rings is 3. The molecule has 1 saturated heterocycles. The topological polar surface area (TPSA) is 118 Å². The van der Waals surface area contributed by atoms with Crippen molar-refractivity contribution in [1.29, 1.82) is 0 Å². The largest absolute Gasteiger partial charge is 0.455 e. The third-order valence-electron chi connectivity index (χ3n) is 7.18. The molecular formula is C31H31BrFN5O4S. The van der Waals surface area contributed by atoms with Crippen LogP contribution in [0.15, 0.2) is 94.6 Å². The molecule has 1 aliphatic heterocycles. The molecule has 3 N–H and O–H groups in total. The van der Waals surface area contributed by atoms with Gasteiger partial charge in [-0.2, -0.15) is 0 Å². The molecule has 1 fully saturated rings. The summed E-state index contributed by atoms with van der Waals surface area (Å²) in [6.45, 7) is 4.26. The summed E-state index contributed by atoms with van der Waals surface area (Å²) in [5, 5.41) is 0. The molecule has 1 aromatic heterocycles. The fourth-order valence-electron chi connectivity index (χ4n) is 4.97. The number of aromatic nitrogens is 1. The van der Waals surface area contributed by atoms with E-state index in [0.717, 1.165) is 49.0 Å². The SMILES string of the molecule is NC(=O)c1ccc(S(=O)(=O)Nc2cc(F)ccc2Oc2ccc(Br)cc2)c(CCCN2CCN(c3ccncc3)CC2)c1. The molecule has 3 aromatic carbocycles. The van der Waals surface area contributed by atoms with E-state index >= 15 is 0 Å². The second kappa shape index (κ2) is 13.5. The lowest BCUT2D eigenvalue weighted by Crippen LogP contribution is -2.46. The lowest BCUT2D eigenvalue weighted by molar-refractivity contribution is 0.1000. The number of nitrogens with two attached hydrogens (primary N) is 1. The Labute approximate surface area is 258 Å². The Hall–Kier alpha value is -4.00. The van der Waals surface area contributed by atoms with E-state index in [1.165, 1.54) is 30.3 Å². The number of rotatable bonds is 11. The lowest BCUT2D eigenvalue weighted by atomic mass is 10.1. The summed E-state index contributed by atoms with van der Waals surface area (Å²) in [5.41, 5.74) is 7.26. The Bertz CT molecular complexity index is 1680. The highest BCUT2D eigenvalue weighted by molar-refractivity contribution is 9.10. The van der Waals surface area contributed by atoms with Crippen molar-refractivity contribution < 1.29 is 22.3 Å². The third kappa shape index (κ3) is 7.89. The number of aryl methyl sites for hydroxylation is 1. The number of nitrogens with one attached hydrogen (secondary N) is 1. The van der Waals surface area contributed by atoms with Crippen LogP contribution in [0.1, 0.15) is 22.3 Å². The molecule has 12 heteroatoms. The van der Waals surface area contributed by atoms with E-state index in [1.54, 1.807) is 36.7 Å². The number of hydrogen-bond acceptors (Lipinski definition) is 7. The van der Waals surface area contributed by atoms with Crippen molar-refractivity contribution in [3.63, 3.8) is 0 Å². The Kier molecular flexibility index (Phi) is 9.59. The van der Waals surface area contributed by atoms with Crippen LogP contribution in [0, 0.1) is 5.82 Å². The van der Waals surface area contributed by atoms with E-state index in [0.29, 0.717) is 24.2 Å². The van der Waals surface area contributed by atoms with E-state index < -0.39 is 21.7 Å². The summed E-state index contributed by atoms with van der Waals surface area (Å²) in [7, 11) is -4.20. The van der Waals surface area contributed by atoms with Gasteiger partial charge in [0.15, 0.2) is 5.75 Å². The molecule has 0 saturated carbocycles. The smallest absolute Gasteiger partial charge is 0.262 e. The molecule has 0 aliphatic carbocycles. The molecule has 43 heavy (non-hydrogen) atoms. The van der Waals surface area contributed by atoms with Gasteiger partial charge < -0.3 is 15.4 Å². The highest BCUT2D eigenvalue weighted by Gasteiger charge is 2.23. The number of hydrogen-bond donors (Lipinski definition) is 2. The zero-order valence-electron chi connectivity index (χ0n) is 23.2. The Morgan fingerprint density at radius 2 is 1.70 bits per heavy atom. The summed E-state index contributed by atoms with van der Waals surface area (Å²) >= 11 is 3.36. The quantitative estimate of drug-likeness (QED) is 0.219. The van der Waals surface area contributed by atoms with Crippen molar-refractivity contribution in [2.45, 2.75) is 17.7 Å². The van der Waals surface area contributed by atoms with Crippen molar-refractivity contribution in [2.24, 2.45) is 5.73 Å². The summed E-state index contributed by atoms with van der Waals surface area (Å²) in [6.07, 6.45) is 4.63. The van der Waals surface area contributed by atoms with Gasteiger partial charge in [0.1, 0.15) is 11.6 Å². The zero-order valence-corrected chi connectivity index (χ0v) is 25.7. The van der Waals surface area contributed by atoms with Gasteiger partial charge in [-0.1, -0.05) is 15.9 Å². The average molecular weight is 669 g/mol. The van der Waals surface area contributed by atoms with E-state index in [2.05, 4.69) is 35.4 Å². The number of piperazine rings is 1. The van der Waals surface area contributed by atoms with E-state index in [-0.39, 0.29) is 21.9 Å². The first kappa shape index (κ1) is 30.5. The van der Waals surface area contributed by atoms with Crippen molar-refractivity contribution >= 4 is 43.2 Å². The first-order valence-electron chi connectivity index (χ1n) is 13.7. The van der Waals surface area contributed by atoms with Crippen LogP contribution in [0.4, 0.5) is 15.8 Å². The van der Waals surface area contributed by atoms with Crippen molar-refractivity contribution in [3.05, 3.63) is 107 Å². The van der Waals surface area contributed by atoms with Crippen molar-refractivity contribution in [1.82, 2.24) is 9.88 Å². The summed E-state index contributed by atoms with van der Waals surface area (Å²) in [6, 6.07) is 18.8. The molecule has 0 unspecified atom stereocenters. The Balaban J connectivity index is 1.30. The van der Waals surface area contributed by atoms with E-state index in [9.17, 15) is 17.6 Å². The van der Waals surface area contributed by atoms with Gasteiger partial charge in [-0.05, 0) is 91.7 Å². The van der Waals surface area contributed by atoms with Crippen LogP contribution in [0.25, 0.3) is 0 Å². The highest BCUT2D eigenvalue weighted by Crippen LogP contribution is 2.33. The van der Waals surface area contributed by atoms with Gasteiger partial charge in [0.2, 0.25) is 5.91 Å². The van der Waals surface area contributed by atoms with Crippen LogP contribution in [0.5, 0.6) is 11.5 Å². The number of sulfonamides is 1. The van der Waals surface area contributed by atoms with Gasteiger partial charge in [0.25, 0.3) is 10.0 Å². The van der Waals surface area contributed by atoms with Gasteiger partial charge in [-0.15, -0.1) is 0 Å². The normalized spacial score (nSPS) is 14.0. The first-order valence-corrected chi connectivity index (χ1v) is 16.0. The van der Waals surface area contributed by atoms with Crippen LogP contribution >= 0.6 is 15.9 Å². The van der Waals surface area contributed by atoms with Crippen LogP contribution in [-0.2, 0) is 16.4 Å². The maximum absolute atomic E-state index is 14.2. The first-order chi connectivity index (χ1) is 20.7. The Morgan fingerprint density at radius 3 is 2.40 bits per heavy atom. The highest BCUT2D eigenvalue weighted by atomic mass is 79.9. The summed E-state index contributed by atoms with van der Waals surface area (Å²) < 4.78 is 50.8. The van der Waals surface area contributed by atoms with Crippen molar-refractivity contribution in [3.8, 4) is 11.5 Å². The number of nitrogens with zero attached hydrogens (tertiary/aromatic N) is 3. The minimum Gasteiger partial charge on any atom is -0.455 e. The van der Waals surface area contributed by atoms with Crippen LogP contribution in [0.3, 0.4) is 0 Å². The number of carbonyl (C=O) groups excluding carboxylic acids is 1. The summed E-state index contributed by atoms with van der Waals surface area (Å²) in [4.78, 5) is 20.6. The molecule has 0 bridgehead atoms. The van der Waals surface area contributed by atoms with Gasteiger partial charge >= 0.3 is 0 Å².